The van der Waals surface area contributed by atoms with Crippen molar-refractivity contribution in [2.24, 2.45) is 0 Å². The van der Waals surface area contributed by atoms with Crippen LogP contribution in [-0.4, -0.2) is 13.0 Å². The maximum absolute atomic E-state index is 12.9. The first-order chi connectivity index (χ1) is 5.66. The summed E-state index contributed by atoms with van der Waals surface area (Å²) in [5.74, 6) is -1.99. The van der Waals surface area contributed by atoms with Gasteiger partial charge in [0.2, 0.25) is 5.97 Å². The summed E-state index contributed by atoms with van der Waals surface area (Å²) in [5, 5.41) is 9.27. The third kappa shape index (κ3) is 1.42. The van der Waals surface area contributed by atoms with E-state index in [-0.39, 0.29) is 11.3 Å². The lowest BCUT2D eigenvalue weighted by Crippen LogP contribution is -2.02. The lowest BCUT2D eigenvalue weighted by molar-refractivity contribution is 0.620. The molecular formula is C8H8F2N2. The molecule has 0 heterocycles. The fraction of sp³-hybridized carbons (Fsp3) is 0.125. The van der Waals surface area contributed by atoms with Gasteiger partial charge in [-0.05, 0) is 12.1 Å². The Morgan fingerprint density at radius 2 is 2.17 bits per heavy atom. The molecule has 0 saturated carbocycles. The smallest absolute Gasteiger partial charge is 0.217 e. The number of anilines is 1. The zero-order valence-corrected chi connectivity index (χ0v) is 6.49. The van der Waals surface area contributed by atoms with Crippen LogP contribution in [-0.2, 0) is 0 Å². The molecule has 2 nitrogen and oxygen atoms in total. The Bertz CT molecular complexity index is 310. The number of hydrogen-bond donors (Lipinski definition) is 2. The molecule has 0 saturated heterocycles. The van der Waals surface area contributed by atoms with Gasteiger partial charge in [0.1, 0.15) is 5.82 Å². The standard InChI is InChI=1S/C8H8F2N2/c1-12-6-4-2-3-5(9)7(6)8(10)11/h2-4,11-12H,1H3. The summed E-state index contributed by atoms with van der Waals surface area (Å²) in [6.45, 7) is 0. The van der Waals surface area contributed by atoms with Gasteiger partial charge in [-0.25, -0.2) is 4.39 Å². The molecule has 64 valence electrons. The molecule has 0 spiro atoms. The molecule has 0 radical (unpaired) electrons. The summed E-state index contributed by atoms with van der Waals surface area (Å²) in [6, 6.07) is 4.07. The highest BCUT2D eigenvalue weighted by Crippen LogP contribution is 2.18. The van der Waals surface area contributed by atoms with Crippen molar-refractivity contribution in [2.75, 3.05) is 12.4 Å². The molecule has 1 aromatic carbocycles. The fourth-order valence-corrected chi connectivity index (χ4v) is 0.956. The van der Waals surface area contributed by atoms with Gasteiger partial charge in [0.15, 0.2) is 0 Å². The van der Waals surface area contributed by atoms with Crippen LogP contribution in [0.25, 0.3) is 0 Å². The molecule has 0 aliphatic heterocycles. The Labute approximate surface area is 68.7 Å². The predicted molar refractivity (Wildman–Crippen MR) is 43.9 cm³/mol. The summed E-state index contributed by atoms with van der Waals surface area (Å²) in [7, 11) is 1.54. The van der Waals surface area contributed by atoms with Gasteiger partial charge < -0.3 is 5.32 Å². The Kier molecular flexibility index (Phi) is 2.38. The van der Waals surface area contributed by atoms with E-state index in [9.17, 15) is 8.78 Å². The molecule has 2 N–H and O–H groups in total. The van der Waals surface area contributed by atoms with Crippen LogP contribution in [0.15, 0.2) is 18.2 Å². The van der Waals surface area contributed by atoms with Crippen molar-refractivity contribution in [1.82, 2.24) is 0 Å². The molecule has 12 heavy (non-hydrogen) atoms. The minimum atomic E-state index is -1.27. The summed E-state index contributed by atoms with van der Waals surface area (Å²) < 4.78 is 25.3. The highest BCUT2D eigenvalue weighted by atomic mass is 19.1. The first kappa shape index (κ1) is 8.64. The van der Waals surface area contributed by atoms with Gasteiger partial charge in [0.25, 0.3) is 0 Å². The number of nitrogens with one attached hydrogen (secondary N) is 2. The van der Waals surface area contributed by atoms with Gasteiger partial charge in [0.05, 0.1) is 5.56 Å². The van der Waals surface area contributed by atoms with Crippen LogP contribution in [0.2, 0.25) is 0 Å². The maximum atomic E-state index is 12.9. The van der Waals surface area contributed by atoms with Gasteiger partial charge >= 0.3 is 0 Å². The largest absolute Gasteiger partial charge is 0.387 e. The second kappa shape index (κ2) is 3.30. The molecule has 1 rings (SSSR count). The van der Waals surface area contributed by atoms with Crippen molar-refractivity contribution in [3.63, 3.8) is 0 Å². The normalized spacial score (nSPS) is 9.58. The van der Waals surface area contributed by atoms with Gasteiger partial charge in [0, 0.05) is 12.7 Å². The van der Waals surface area contributed by atoms with Crippen LogP contribution in [0.3, 0.4) is 0 Å². The zero-order chi connectivity index (χ0) is 9.14. The van der Waals surface area contributed by atoms with E-state index >= 15 is 0 Å². The topological polar surface area (TPSA) is 35.9 Å². The lowest BCUT2D eigenvalue weighted by atomic mass is 10.1. The molecule has 0 aliphatic rings. The molecule has 1 aromatic rings. The molecule has 0 aliphatic carbocycles. The molecule has 0 unspecified atom stereocenters. The SMILES string of the molecule is CNc1cccc(F)c1C(=N)F. The number of rotatable bonds is 2. The lowest BCUT2D eigenvalue weighted by Gasteiger charge is -2.05. The van der Waals surface area contributed by atoms with Crippen molar-refractivity contribution in [3.8, 4) is 0 Å². The summed E-state index contributed by atoms with van der Waals surface area (Å²) in [4.78, 5) is 0. The third-order valence-electron chi connectivity index (χ3n) is 1.50. The molecule has 0 aromatic heterocycles. The van der Waals surface area contributed by atoms with Crippen molar-refractivity contribution < 1.29 is 8.78 Å². The number of halogens is 2. The Morgan fingerprint density at radius 1 is 1.50 bits per heavy atom. The van der Waals surface area contributed by atoms with E-state index in [0.29, 0.717) is 0 Å². The number of hydrogen-bond acceptors (Lipinski definition) is 2. The fourth-order valence-electron chi connectivity index (χ4n) is 0.956. The molecule has 4 heteroatoms. The van der Waals surface area contributed by atoms with Crippen LogP contribution in [0.4, 0.5) is 14.5 Å². The second-order valence-corrected chi connectivity index (χ2v) is 2.23. The monoisotopic (exact) mass is 170 g/mol. The maximum Gasteiger partial charge on any atom is 0.217 e. The van der Waals surface area contributed by atoms with Crippen LogP contribution in [0, 0.1) is 11.2 Å². The highest BCUT2D eigenvalue weighted by Gasteiger charge is 2.11. The van der Waals surface area contributed by atoms with Gasteiger partial charge in [-0.2, -0.15) is 4.39 Å². The van der Waals surface area contributed by atoms with Gasteiger partial charge in [-0.3, -0.25) is 5.41 Å². The zero-order valence-electron chi connectivity index (χ0n) is 6.49. The average molecular weight is 170 g/mol. The average Bonchev–Trinajstić information content (AvgIpc) is 2.03. The molecular weight excluding hydrogens is 162 g/mol. The third-order valence-corrected chi connectivity index (χ3v) is 1.50. The summed E-state index contributed by atoms with van der Waals surface area (Å²) in [5.41, 5.74) is -0.0394. The van der Waals surface area contributed by atoms with E-state index in [2.05, 4.69) is 5.32 Å². The van der Waals surface area contributed by atoms with Crippen molar-refractivity contribution in [2.45, 2.75) is 0 Å². The second-order valence-electron chi connectivity index (χ2n) is 2.23. The van der Waals surface area contributed by atoms with E-state index in [0.717, 1.165) is 6.07 Å². The van der Waals surface area contributed by atoms with Crippen LogP contribution in [0.5, 0.6) is 0 Å². The van der Waals surface area contributed by atoms with Crippen LogP contribution in [0.1, 0.15) is 5.56 Å². The van der Waals surface area contributed by atoms with E-state index in [1.165, 1.54) is 12.1 Å². The minimum Gasteiger partial charge on any atom is -0.387 e. The quantitative estimate of drug-likeness (QED) is 0.655. The molecule has 0 fully saturated rings. The van der Waals surface area contributed by atoms with Gasteiger partial charge in [-0.15, -0.1) is 0 Å². The van der Waals surface area contributed by atoms with E-state index in [1.54, 1.807) is 7.05 Å². The summed E-state index contributed by atoms with van der Waals surface area (Å²) in [6.07, 6.45) is 0. The van der Waals surface area contributed by atoms with E-state index < -0.39 is 11.8 Å². The van der Waals surface area contributed by atoms with Crippen molar-refractivity contribution >= 4 is 11.7 Å². The minimum absolute atomic E-state index is 0.280. The van der Waals surface area contributed by atoms with E-state index in [1.807, 2.05) is 0 Å². The van der Waals surface area contributed by atoms with Crippen LogP contribution < -0.4 is 5.32 Å². The number of benzene rings is 1. The molecule has 0 amide bonds. The van der Waals surface area contributed by atoms with Crippen LogP contribution >= 0.6 is 0 Å². The molecule has 0 atom stereocenters. The first-order valence-electron chi connectivity index (χ1n) is 3.37. The summed E-state index contributed by atoms with van der Waals surface area (Å²) >= 11 is 0. The van der Waals surface area contributed by atoms with E-state index in [4.69, 9.17) is 5.41 Å². The predicted octanol–water partition coefficient (Wildman–Crippen LogP) is 2.16. The van der Waals surface area contributed by atoms with Gasteiger partial charge in [-0.1, -0.05) is 6.07 Å². The Hall–Kier alpha value is -1.45. The first-order valence-corrected chi connectivity index (χ1v) is 3.37. The Morgan fingerprint density at radius 3 is 2.58 bits per heavy atom. The highest BCUT2D eigenvalue weighted by molar-refractivity contribution is 5.96. The van der Waals surface area contributed by atoms with Crippen molar-refractivity contribution in [1.29, 1.82) is 5.41 Å². The Balaban J connectivity index is 3.29. The molecule has 0 bridgehead atoms. The van der Waals surface area contributed by atoms with Crippen molar-refractivity contribution in [3.05, 3.63) is 29.6 Å².